The third-order valence-corrected chi connectivity index (χ3v) is 6.04. The van der Waals surface area contributed by atoms with Gasteiger partial charge < -0.3 is 30.9 Å². The van der Waals surface area contributed by atoms with Crippen molar-refractivity contribution in [2.24, 2.45) is 11.7 Å². The maximum Gasteiger partial charge on any atom is 0.395 e. The molecule has 2 aromatic heterocycles. The number of hydrogen-bond donors (Lipinski definition) is 4. The standard InChI is InChI=1S/C24H29BN7O3/c1-16-10-22(31-8-5-17(6-9-31)12-28-25-35-2)21(11-18(16)4-3-7-26)30-24(34)20-14-29-32-15-19(33)13-27-23(20)32/h3-4,7,10-11,13-15,17,28,33H,1,5-6,8-9,12,26H2,2H3,(H,30,34)/b7-3-,18-4-. The van der Waals surface area contributed by atoms with Crippen LogP contribution in [0, 0.1) is 5.92 Å². The Labute approximate surface area is 204 Å². The molecule has 1 fully saturated rings. The van der Waals surface area contributed by atoms with Crippen LogP contribution >= 0.6 is 0 Å². The third-order valence-electron chi connectivity index (χ3n) is 6.04. The van der Waals surface area contributed by atoms with Crippen LogP contribution in [0.3, 0.4) is 0 Å². The number of allylic oxidation sites excluding steroid dienone is 1. The van der Waals surface area contributed by atoms with E-state index < -0.39 is 0 Å². The Morgan fingerprint density at radius 2 is 2.17 bits per heavy atom. The second-order valence-corrected chi connectivity index (χ2v) is 8.40. The second-order valence-electron chi connectivity index (χ2n) is 8.40. The topological polar surface area (TPSA) is 130 Å². The fourth-order valence-electron chi connectivity index (χ4n) is 4.22. The molecular weight excluding hydrogens is 445 g/mol. The number of amides is 1. The van der Waals surface area contributed by atoms with E-state index in [0.29, 0.717) is 22.8 Å². The van der Waals surface area contributed by atoms with Crippen molar-refractivity contribution >= 4 is 43.2 Å². The van der Waals surface area contributed by atoms with Gasteiger partial charge in [0.2, 0.25) is 0 Å². The van der Waals surface area contributed by atoms with Crippen LogP contribution in [0.2, 0.25) is 0 Å². The van der Waals surface area contributed by atoms with Crippen molar-refractivity contribution in [2.75, 3.05) is 37.0 Å². The van der Waals surface area contributed by atoms with Crippen LogP contribution in [0.4, 0.5) is 11.4 Å². The maximum atomic E-state index is 13.2. The molecule has 1 aliphatic heterocycles. The normalized spacial score (nSPS) is 15.2. The van der Waals surface area contributed by atoms with Crippen molar-refractivity contribution in [1.29, 1.82) is 0 Å². The summed E-state index contributed by atoms with van der Waals surface area (Å²) in [5.74, 6) is 0.164. The van der Waals surface area contributed by atoms with Crippen LogP contribution in [0.5, 0.6) is 5.75 Å². The highest BCUT2D eigenvalue weighted by Crippen LogP contribution is 2.28. The molecule has 3 aromatic rings. The number of carbonyl (C=O) groups is 1. The van der Waals surface area contributed by atoms with Crippen molar-refractivity contribution in [2.45, 2.75) is 12.8 Å². The zero-order valence-corrected chi connectivity index (χ0v) is 19.6. The lowest BCUT2D eigenvalue weighted by Gasteiger charge is -2.35. The number of fused-ring (bicyclic) bond motifs is 1. The summed E-state index contributed by atoms with van der Waals surface area (Å²) in [6, 6.07) is 3.90. The Morgan fingerprint density at radius 1 is 1.37 bits per heavy atom. The molecule has 0 bridgehead atoms. The van der Waals surface area contributed by atoms with E-state index in [1.165, 1.54) is 29.3 Å². The number of piperidine rings is 1. The van der Waals surface area contributed by atoms with E-state index in [1.807, 2.05) is 18.2 Å². The highest BCUT2D eigenvalue weighted by Gasteiger charge is 2.23. The van der Waals surface area contributed by atoms with Gasteiger partial charge in [0.05, 0.1) is 30.0 Å². The molecule has 3 heterocycles. The molecule has 4 rings (SSSR count). The molecule has 1 saturated heterocycles. The molecule has 11 heteroatoms. The largest absolute Gasteiger partial charge is 0.505 e. The second kappa shape index (κ2) is 11.1. The summed E-state index contributed by atoms with van der Waals surface area (Å²) in [7, 11) is 3.23. The Bertz CT molecular complexity index is 1330. The number of aromatic hydroxyl groups is 1. The lowest BCUT2D eigenvalue weighted by atomic mass is 9.95. The molecule has 0 spiro atoms. The summed E-state index contributed by atoms with van der Waals surface area (Å²) < 4.78 is 6.33. The molecule has 1 radical (unpaired) electrons. The fourth-order valence-corrected chi connectivity index (χ4v) is 4.22. The van der Waals surface area contributed by atoms with Crippen molar-refractivity contribution in [3.05, 3.63) is 59.0 Å². The quantitative estimate of drug-likeness (QED) is 0.272. The van der Waals surface area contributed by atoms with Crippen molar-refractivity contribution < 1.29 is 14.6 Å². The molecule has 181 valence electrons. The number of hydrogen-bond acceptors (Lipinski definition) is 8. The van der Waals surface area contributed by atoms with Crippen molar-refractivity contribution in [1.82, 2.24) is 19.8 Å². The Morgan fingerprint density at radius 3 is 2.91 bits per heavy atom. The third kappa shape index (κ3) is 5.64. The molecule has 0 aliphatic carbocycles. The number of benzene rings is 1. The summed E-state index contributed by atoms with van der Waals surface area (Å²) in [4.78, 5) is 19.7. The van der Waals surface area contributed by atoms with Crippen LogP contribution in [-0.4, -0.2) is 60.0 Å². The maximum absolute atomic E-state index is 13.2. The number of nitrogens with zero attached hydrogens (tertiary/aromatic N) is 4. The Kier molecular flexibility index (Phi) is 7.68. The van der Waals surface area contributed by atoms with E-state index in [9.17, 15) is 9.90 Å². The number of aromatic nitrogens is 3. The molecular formula is C24H29BN7O3. The lowest BCUT2D eigenvalue weighted by molar-refractivity contribution is 0.102. The number of anilines is 2. The first-order valence-corrected chi connectivity index (χ1v) is 11.4. The zero-order chi connectivity index (χ0) is 24.8. The van der Waals surface area contributed by atoms with Crippen LogP contribution in [0.25, 0.3) is 18.3 Å². The average molecular weight is 474 g/mol. The smallest absolute Gasteiger partial charge is 0.395 e. The molecule has 0 unspecified atom stereocenters. The summed E-state index contributed by atoms with van der Waals surface area (Å²) in [6.07, 6.45) is 11.2. The molecule has 35 heavy (non-hydrogen) atoms. The van der Waals surface area contributed by atoms with E-state index in [2.05, 4.69) is 32.1 Å². The first-order chi connectivity index (χ1) is 17.0. The van der Waals surface area contributed by atoms with Crippen LogP contribution in [0.1, 0.15) is 23.2 Å². The van der Waals surface area contributed by atoms with E-state index in [4.69, 9.17) is 10.4 Å². The monoisotopic (exact) mass is 474 g/mol. The van der Waals surface area contributed by atoms with Crippen molar-refractivity contribution in [3.63, 3.8) is 0 Å². The predicted octanol–water partition coefficient (Wildman–Crippen LogP) is 0.337. The minimum absolute atomic E-state index is 0.0345. The number of nitrogens with one attached hydrogen (secondary N) is 2. The summed E-state index contributed by atoms with van der Waals surface area (Å²) >= 11 is 0. The van der Waals surface area contributed by atoms with Crippen LogP contribution in [0.15, 0.2) is 43.0 Å². The van der Waals surface area contributed by atoms with Crippen molar-refractivity contribution in [3.8, 4) is 5.75 Å². The SMILES string of the molecule is C=c1cc(N2CCC(CN[B]OC)CC2)c(NC(=O)c2cnn3cc(O)cnc23)c/c1=C/C=C\N. The molecule has 1 aliphatic rings. The van der Waals surface area contributed by atoms with Gasteiger partial charge in [-0.1, -0.05) is 12.7 Å². The highest BCUT2D eigenvalue weighted by atomic mass is 16.4. The first kappa shape index (κ1) is 24.3. The molecule has 0 saturated carbocycles. The number of rotatable bonds is 8. The zero-order valence-electron chi connectivity index (χ0n) is 19.6. The van der Waals surface area contributed by atoms with Crippen LogP contribution < -0.4 is 31.6 Å². The molecule has 10 nitrogen and oxygen atoms in total. The molecule has 1 aromatic carbocycles. The van der Waals surface area contributed by atoms with Gasteiger partial charge >= 0.3 is 7.62 Å². The van der Waals surface area contributed by atoms with Gasteiger partial charge in [0.1, 0.15) is 5.56 Å². The Hall–Kier alpha value is -3.83. The molecule has 5 N–H and O–H groups in total. The minimum Gasteiger partial charge on any atom is -0.505 e. The van der Waals surface area contributed by atoms with Gasteiger partial charge in [0, 0.05) is 20.2 Å². The van der Waals surface area contributed by atoms with E-state index in [-0.39, 0.29) is 11.7 Å². The van der Waals surface area contributed by atoms with Gasteiger partial charge in [0.15, 0.2) is 11.4 Å². The van der Waals surface area contributed by atoms with E-state index in [0.717, 1.165) is 48.6 Å². The summed E-state index contributed by atoms with van der Waals surface area (Å²) in [5, 5.41) is 21.7. The minimum atomic E-state index is -0.342. The van der Waals surface area contributed by atoms with Gasteiger partial charge in [-0.05, 0) is 60.2 Å². The lowest BCUT2D eigenvalue weighted by Crippen LogP contribution is -2.39. The highest BCUT2D eigenvalue weighted by molar-refractivity contribution is 6.23. The van der Waals surface area contributed by atoms with E-state index >= 15 is 0 Å². The van der Waals surface area contributed by atoms with Gasteiger partial charge in [-0.3, -0.25) is 4.79 Å². The van der Waals surface area contributed by atoms with Gasteiger partial charge in [-0.2, -0.15) is 5.10 Å². The Balaban J connectivity index is 1.62. The van der Waals surface area contributed by atoms with E-state index in [1.54, 1.807) is 20.8 Å². The van der Waals surface area contributed by atoms with Gasteiger partial charge in [-0.25, -0.2) is 9.50 Å². The fraction of sp³-hybridized carbons (Fsp3) is 0.292. The molecule has 0 atom stereocenters. The summed E-state index contributed by atoms with van der Waals surface area (Å²) in [6.45, 7) is 6.76. The molecule has 1 amide bonds. The number of carbonyl (C=O) groups excluding carboxylic acids is 1. The van der Waals surface area contributed by atoms with Crippen LogP contribution in [-0.2, 0) is 4.65 Å². The van der Waals surface area contributed by atoms with Gasteiger partial charge in [-0.15, -0.1) is 0 Å². The number of nitrogens with two attached hydrogens (primary N) is 1. The average Bonchev–Trinajstić information content (AvgIpc) is 3.28. The summed E-state index contributed by atoms with van der Waals surface area (Å²) in [5.41, 5.74) is 7.76. The predicted molar refractivity (Wildman–Crippen MR) is 137 cm³/mol. The van der Waals surface area contributed by atoms with Gasteiger partial charge in [0.25, 0.3) is 5.91 Å². The first-order valence-electron chi connectivity index (χ1n) is 11.4.